The highest BCUT2D eigenvalue weighted by atomic mass is 32.1. The smallest absolute Gasteiger partial charge is 0.354 e. The summed E-state index contributed by atoms with van der Waals surface area (Å²) in [6.07, 6.45) is 0. The average Bonchev–Trinajstić information content (AvgIpc) is 3.39. The van der Waals surface area contributed by atoms with Crippen LogP contribution in [0.1, 0.15) is 76.1 Å². The molecule has 25 heteroatoms. The Morgan fingerprint density at radius 3 is 1.32 bits per heavy atom. The first-order valence-corrected chi connectivity index (χ1v) is 24.0. The molecule has 6 aromatic rings. The first-order valence-electron chi connectivity index (χ1n) is 23.2. The molecule has 0 bridgehead atoms. The van der Waals surface area contributed by atoms with E-state index in [1.807, 2.05) is 21.9 Å². The van der Waals surface area contributed by atoms with E-state index in [4.69, 9.17) is 31.4 Å². The minimum absolute atomic E-state index is 0.0441. The number of carboxylic acids is 4. The second kappa shape index (κ2) is 29.4. The molecule has 0 spiro atoms. The molecule has 0 saturated heterocycles. The van der Waals surface area contributed by atoms with Crippen LogP contribution in [0.5, 0.6) is 5.75 Å². The fourth-order valence-corrected chi connectivity index (χ4v) is 7.52. The van der Waals surface area contributed by atoms with E-state index in [2.05, 4.69) is 58.3 Å². The van der Waals surface area contributed by atoms with Crippen LogP contribution in [0.2, 0.25) is 0 Å². The average molecular weight is 1070 g/mol. The highest BCUT2D eigenvalue weighted by Gasteiger charge is 2.19. The number of carbonyl (C=O) groups excluding carboxylic acids is 1. The molecule has 0 atom stereocenters. The van der Waals surface area contributed by atoms with Crippen molar-refractivity contribution in [2.24, 2.45) is 4.99 Å². The number of benzene rings is 1. The molecule has 0 aliphatic carbocycles. The van der Waals surface area contributed by atoms with Crippen molar-refractivity contribution in [3.05, 3.63) is 166 Å². The number of isothiocyanates is 1. The molecular formula is C51H51N11O12S2. The molecule has 394 valence electrons. The van der Waals surface area contributed by atoms with E-state index in [-0.39, 0.29) is 87.6 Å². The number of rotatable bonds is 30. The zero-order valence-electron chi connectivity index (χ0n) is 40.5. The fraction of sp³-hybridized carbons (Fsp3) is 0.255. The summed E-state index contributed by atoms with van der Waals surface area (Å²) in [5.41, 5.74) is 3.07. The van der Waals surface area contributed by atoms with Gasteiger partial charge in [0.15, 0.2) is 11.7 Å². The van der Waals surface area contributed by atoms with Gasteiger partial charge in [0.1, 0.15) is 28.5 Å². The third-order valence-electron chi connectivity index (χ3n) is 10.5. The second-order valence-electron chi connectivity index (χ2n) is 16.3. The van der Waals surface area contributed by atoms with Crippen LogP contribution in [0.15, 0.2) is 114 Å². The predicted molar refractivity (Wildman–Crippen MR) is 280 cm³/mol. The van der Waals surface area contributed by atoms with Crippen molar-refractivity contribution < 1.29 is 58.6 Å². The van der Waals surface area contributed by atoms with E-state index in [1.54, 1.807) is 72.8 Å². The minimum atomic E-state index is -1.23. The lowest BCUT2D eigenvalue weighted by molar-refractivity contribution is -0.123. The van der Waals surface area contributed by atoms with E-state index < -0.39 is 36.4 Å². The third-order valence-corrected chi connectivity index (χ3v) is 10.8. The maximum absolute atomic E-state index is 13.1. The zero-order valence-corrected chi connectivity index (χ0v) is 42.2. The molecule has 0 aliphatic heterocycles. The molecule has 23 nitrogen and oxygen atoms in total. The molecule has 76 heavy (non-hydrogen) atoms. The monoisotopic (exact) mass is 1070 g/mol. The molecule has 5 heterocycles. The van der Waals surface area contributed by atoms with Gasteiger partial charge < -0.3 is 50.6 Å². The number of nitrogens with zero attached hydrogens (tertiary/aromatic N) is 8. The summed E-state index contributed by atoms with van der Waals surface area (Å²) >= 11 is 9.95. The van der Waals surface area contributed by atoms with Crippen LogP contribution in [0.25, 0.3) is 0 Å². The number of thiocarbonyl (C=S) groups is 2. The van der Waals surface area contributed by atoms with Gasteiger partial charge in [-0.05, 0) is 97.2 Å². The molecule has 0 unspecified atom stereocenters. The van der Waals surface area contributed by atoms with Gasteiger partial charge in [-0.15, -0.1) is 0 Å². The number of carboxylic acid groups (broad SMARTS) is 4. The van der Waals surface area contributed by atoms with Crippen molar-refractivity contribution in [1.82, 2.24) is 45.4 Å². The van der Waals surface area contributed by atoms with Crippen LogP contribution in [0.4, 0.5) is 11.4 Å². The molecule has 0 saturated carbocycles. The van der Waals surface area contributed by atoms with Gasteiger partial charge in [-0.1, -0.05) is 24.3 Å². The minimum Gasteiger partial charge on any atom is -0.484 e. The summed E-state index contributed by atoms with van der Waals surface area (Å²) < 4.78 is 17.3. The summed E-state index contributed by atoms with van der Waals surface area (Å²) in [5.74, 6) is -5.13. The lowest BCUT2D eigenvalue weighted by Gasteiger charge is -2.24. The standard InChI is InChI=1S/C51H51N11O12S2/c63-46(52-17-19-72-21-22-73-20-18-53-51(76)60-34-15-13-33(14-16-34)54-32-75)31-74-41-23-39(29-61(25-35-5-1-9-42(56-35)47(64)65)26-36-6-2-10-43(57-36)48(66)67)55-40(24-41)30-62(27-37-7-3-11-44(58-37)49(68)69)28-38-8-4-12-45(59-38)50(70)71/h1-16,23-24H,17-22,25-31H2,(H,52,63)(H,64,65)(H,66,67)(H,68,69)(H,70,71)(H2,53,60,76). The molecule has 1 aromatic carbocycles. The van der Waals surface area contributed by atoms with Crippen molar-refractivity contribution in [3.8, 4) is 5.75 Å². The molecule has 5 aromatic heterocycles. The first kappa shape index (κ1) is 56.7. The Bertz CT molecular complexity index is 2790. The summed E-state index contributed by atoms with van der Waals surface area (Å²) in [6, 6.07) is 28.7. The van der Waals surface area contributed by atoms with Crippen LogP contribution in [-0.2, 0) is 53.5 Å². The van der Waals surface area contributed by atoms with Crippen molar-refractivity contribution in [2.75, 3.05) is 51.4 Å². The number of amides is 1. The van der Waals surface area contributed by atoms with E-state index in [0.717, 1.165) is 5.69 Å². The molecule has 6 rings (SSSR count). The Morgan fingerprint density at radius 2 is 0.921 bits per heavy atom. The van der Waals surface area contributed by atoms with Crippen molar-refractivity contribution in [1.29, 1.82) is 0 Å². The quantitative estimate of drug-likeness (QED) is 0.0175. The van der Waals surface area contributed by atoms with Gasteiger partial charge in [0, 0.05) is 70.2 Å². The van der Waals surface area contributed by atoms with E-state index >= 15 is 0 Å². The molecular weight excluding hydrogens is 1020 g/mol. The number of aromatic carboxylic acids is 4. The molecule has 0 fully saturated rings. The van der Waals surface area contributed by atoms with Crippen LogP contribution in [-0.4, -0.2) is 141 Å². The summed E-state index contributed by atoms with van der Waals surface area (Å²) in [4.78, 5) is 90.2. The Morgan fingerprint density at radius 1 is 0.526 bits per heavy atom. The van der Waals surface area contributed by atoms with Gasteiger partial charge in [0.25, 0.3) is 5.91 Å². The maximum atomic E-state index is 13.1. The van der Waals surface area contributed by atoms with E-state index in [1.165, 1.54) is 24.3 Å². The van der Waals surface area contributed by atoms with Crippen molar-refractivity contribution in [3.63, 3.8) is 0 Å². The fourth-order valence-electron chi connectivity index (χ4n) is 7.19. The van der Waals surface area contributed by atoms with Crippen molar-refractivity contribution in [2.45, 2.75) is 39.3 Å². The number of anilines is 1. The lowest BCUT2D eigenvalue weighted by atomic mass is 10.2. The van der Waals surface area contributed by atoms with Gasteiger partial charge in [0.2, 0.25) is 0 Å². The van der Waals surface area contributed by atoms with Gasteiger partial charge in [-0.2, -0.15) is 4.99 Å². The van der Waals surface area contributed by atoms with Gasteiger partial charge in [0.05, 0.1) is 71.4 Å². The maximum Gasteiger partial charge on any atom is 0.354 e. The number of ether oxygens (including phenoxy) is 3. The molecule has 7 N–H and O–H groups in total. The number of carbonyl (C=O) groups is 5. The summed E-state index contributed by atoms with van der Waals surface area (Å²) in [6.45, 7) is 1.68. The highest BCUT2D eigenvalue weighted by molar-refractivity contribution is 7.80. The van der Waals surface area contributed by atoms with Crippen LogP contribution in [0, 0.1) is 0 Å². The molecule has 0 radical (unpaired) electrons. The summed E-state index contributed by atoms with van der Waals surface area (Å²) in [7, 11) is 0. The Kier molecular flexibility index (Phi) is 21.9. The third kappa shape index (κ3) is 19.4. The SMILES string of the molecule is O=C(COc1cc(CN(Cc2cccc(C(=O)O)n2)Cc2cccc(C(=O)O)n2)nc(CN(Cc2cccc(C(=O)O)n2)Cc2cccc(C(=O)O)n2)c1)NCCOCCOCCNC(=S)Nc1ccc(N=C=S)cc1. The highest BCUT2D eigenvalue weighted by Crippen LogP contribution is 2.22. The topological polar surface area (TPSA) is 313 Å². The number of nitrogens with one attached hydrogen (secondary N) is 3. The summed E-state index contributed by atoms with van der Waals surface area (Å²) in [5, 5.41) is 50.3. The molecule has 1 amide bonds. The molecule has 0 aliphatic rings. The number of hydrogen-bond acceptors (Lipinski definition) is 18. The number of pyridine rings is 5. The van der Waals surface area contributed by atoms with Crippen molar-refractivity contribution >= 4 is 75.9 Å². The zero-order chi connectivity index (χ0) is 54.2. The van der Waals surface area contributed by atoms with Crippen LogP contribution in [0.3, 0.4) is 0 Å². The Labute approximate surface area is 445 Å². The Balaban J connectivity index is 1.13. The van der Waals surface area contributed by atoms with Crippen LogP contribution < -0.4 is 20.7 Å². The van der Waals surface area contributed by atoms with Gasteiger partial charge in [-0.25, -0.2) is 39.1 Å². The van der Waals surface area contributed by atoms with Gasteiger partial charge in [-0.3, -0.25) is 19.6 Å². The first-order chi connectivity index (χ1) is 36.7. The normalized spacial score (nSPS) is 10.9. The predicted octanol–water partition coefficient (Wildman–Crippen LogP) is 5.11. The van der Waals surface area contributed by atoms with Crippen LogP contribution >= 0.6 is 24.4 Å². The van der Waals surface area contributed by atoms with Gasteiger partial charge >= 0.3 is 23.9 Å². The van der Waals surface area contributed by atoms with E-state index in [9.17, 15) is 44.4 Å². The number of aliphatic imine (C=N–C) groups is 1. The van der Waals surface area contributed by atoms with E-state index in [0.29, 0.717) is 64.7 Å². The largest absolute Gasteiger partial charge is 0.484 e. The Hall–Kier alpha value is -8.55. The second-order valence-corrected chi connectivity index (χ2v) is 16.9. The number of hydrogen-bond donors (Lipinski definition) is 7. The number of aromatic nitrogens is 5. The lowest BCUT2D eigenvalue weighted by Crippen LogP contribution is -2.32.